The van der Waals surface area contributed by atoms with Crippen molar-refractivity contribution in [2.45, 2.75) is 13.0 Å². The molecule has 2 aromatic carbocycles. The van der Waals surface area contributed by atoms with Crippen molar-refractivity contribution in [2.75, 3.05) is 33.5 Å². The number of carbonyl (C=O) groups excluding carboxylic acids is 1. The first kappa shape index (κ1) is 22.7. The standard InChI is InChI=1S/C24H25NO5/c1-5-13-29-21-11-10-20(17-22(21)27-4)28-15-12-25-24(26)23(30-14-6-2)19-9-7-8-18(3)16-19/h1-2,7-11,16-17,23H,12-15H2,3-4H3,(H,25,26). The molecule has 0 aliphatic heterocycles. The number of hydrogen-bond acceptors (Lipinski definition) is 5. The minimum Gasteiger partial charge on any atom is -0.493 e. The molecule has 0 saturated heterocycles. The van der Waals surface area contributed by atoms with Gasteiger partial charge in [0, 0.05) is 6.07 Å². The van der Waals surface area contributed by atoms with Crippen molar-refractivity contribution >= 4 is 5.91 Å². The van der Waals surface area contributed by atoms with Gasteiger partial charge in [-0.3, -0.25) is 4.79 Å². The van der Waals surface area contributed by atoms with Crippen LogP contribution in [0.25, 0.3) is 0 Å². The number of nitrogens with one attached hydrogen (secondary N) is 1. The Morgan fingerprint density at radius 1 is 1.07 bits per heavy atom. The van der Waals surface area contributed by atoms with Gasteiger partial charge in [-0.15, -0.1) is 12.8 Å². The van der Waals surface area contributed by atoms with Gasteiger partial charge in [-0.1, -0.05) is 41.7 Å². The number of aryl methyl sites for hydroxylation is 1. The number of ether oxygens (including phenoxy) is 4. The average molecular weight is 407 g/mol. The quantitative estimate of drug-likeness (QED) is 0.458. The lowest BCUT2D eigenvalue weighted by Crippen LogP contribution is -2.34. The molecule has 6 heteroatoms. The number of terminal acetylenes is 2. The second kappa shape index (κ2) is 12.1. The molecule has 30 heavy (non-hydrogen) atoms. The first-order chi connectivity index (χ1) is 14.6. The minimum atomic E-state index is -0.784. The van der Waals surface area contributed by atoms with Crippen molar-refractivity contribution in [1.29, 1.82) is 0 Å². The summed E-state index contributed by atoms with van der Waals surface area (Å²) >= 11 is 0. The van der Waals surface area contributed by atoms with Gasteiger partial charge in [0.1, 0.15) is 25.6 Å². The van der Waals surface area contributed by atoms with E-state index in [1.54, 1.807) is 18.2 Å². The van der Waals surface area contributed by atoms with Gasteiger partial charge in [-0.25, -0.2) is 0 Å². The molecule has 6 nitrogen and oxygen atoms in total. The smallest absolute Gasteiger partial charge is 0.253 e. The Kier molecular flexibility index (Phi) is 9.12. The lowest BCUT2D eigenvalue weighted by Gasteiger charge is -2.17. The van der Waals surface area contributed by atoms with Crippen LogP contribution in [-0.2, 0) is 9.53 Å². The van der Waals surface area contributed by atoms with Crippen LogP contribution in [-0.4, -0.2) is 39.4 Å². The summed E-state index contributed by atoms with van der Waals surface area (Å²) in [7, 11) is 1.53. The summed E-state index contributed by atoms with van der Waals surface area (Å²) in [5.41, 5.74) is 1.78. The van der Waals surface area contributed by atoms with Crippen LogP contribution in [0.3, 0.4) is 0 Å². The fourth-order valence-electron chi connectivity index (χ4n) is 2.70. The molecule has 0 aliphatic carbocycles. The zero-order valence-electron chi connectivity index (χ0n) is 17.1. The summed E-state index contributed by atoms with van der Waals surface area (Å²) in [4.78, 5) is 12.6. The number of amides is 1. The van der Waals surface area contributed by atoms with Gasteiger partial charge in [-0.05, 0) is 24.6 Å². The van der Waals surface area contributed by atoms with Crippen molar-refractivity contribution in [3.8, 4) is 41.9 Å². The molecule has 2 rings (SSSR count). The van der Waals surface area contributed by atoms with Crippen molar-refractivity contribution in [1.82, 2.24) is 5.32 Å². The Hall–Kier alpha value is -3.61. The Morgan fingerprint density at radius 2 is 1.87 bits per heavy atom. The van der Waals surface area contributed by atoms with Crippen LogP contribution in [0.2, 0.25) is 0 Å². The molecular weight excluding hydrogens is 382 g/mol. The second-order valence-electron chi connectivity index (χ2n) is 6.25. The first-order valence-corrected chi connectivity index (χ1v) is 9.35. The van der Waals surface area contributed by atoms with Crippen LogP contribution >= 0.6 is 0 Å². The van der Waals surface area contributed by atoms with Crippen molar-refractivity contribution < 1.29 is 23.7 Å². The second-order valence-corrected chi connectivity index (χ2v) is 6.25. The summed E-state index contributed by atoms with van der Waals surface area (Å²) in [6, 6.07) is 12.7. The van der Waals surface area contributed by atoms with Crippen molar-refractivity contribution in [3.05, 3.63) is 53.6 Å². The van der Waals surface area contributed by atoms with E-state index < -0.39 is 6.10 Å². The molecule has 0 radical (unpaired) electrons. The van der Waals surface area contributed by atoms with Gasteiger partial charge in [-0.2, -0.15) is 0 Å². The molecule has 1 N–H and O–H groups in total. The van der Waals surface area contributed by atoms with Gasteiger partial charge >= 0.3 is 0 Å². The van der Waals surface area contributed by atoms with Gasteiger partial charge in [0.05, 0.1) is 13.7 Å². The van der Waals surface area contributed by atoms with Crippen molar-refractivity contribution in [2.24, 2.45) is 0 Å². The zero-order chi connectivity index (χ0) is 21.8. The van der Waals surface area contributed by atoms with E-state index in [1.165, 1.54) is 7.11 Å². The highest BCUT2D eigenvalue weighted by Gasteiger charge is 2.21. The Morgan fingerprint density at radius 3 is 2.57 bits per heavy atom. The predicted molar refractivity (Wildman–Crippen MR) is 115 cm³/mol. The molecule has 1 amide bonds. The molecular formula is C24H25NO5. The summed E-state index contributed by atoms with van der Waals surface area (Å²) in [5, 5.41) is 2.81. The largest absolute Gasteiger partial charge is 0.493 e. The molecule has 0 bridgehead atoms. The maximum Gasteiger partial charge on any atom is 0.253 e. The van der Waals surface area contributed by atoms with E-state index in [0.717, 1.165) is 11.1 Å². The monoisotopic (exact) mass is 407 g/mol. The number of rotatable bonds is 11. The molecule has 1 atom stereocenters. The average Bonchev–Trinajstić information content (AvgIpc) is 2.76. The fourth-order valence-corrected chi connectivity index (χ4v) is 2.70. The summed E-state index contributed by atoms with van der Waals surface area (Å²) in [6.07, 6.45) is 9.70. The van der Waals surface area contributed by atoms with E-state index in [4.69, 9.17) is 31.8 Å². The number of methoxy groups -OCH3 is 1. The first-order valence-electron chi connectivity index (χ1n) is 9.35. The normalized spacial score (nSPS) is 10.9. The van der Waals surface area contributed by atoms with E-state index in [2.05, 4.69) is 17.2 Å². The highest BCUT2D eigenvalue weighted by Crippen LogP contribution is 2.31. The molecule has 0 heterocycles. The van der Waals surface area contributed by atoms with Crippen LogP contribution in [0.5, 0.6) is 17.2 Å². The third-order valence-corrected chi connectivity index (χ3v) is 4.03. The molecule has 0 saturated carbocycles. The summed E-state index contributed by atoms with van der Waals surface area (Å²) in [5.74, 6) is 6.13. The zero-order valence-corrected chi connectivity index (χ0v) is 17.1. The number of hydrogen-bond donors (Lipinski definition) is 1. The molecule has 0 aliphatic rings. The molecule has 0 fully saturated rings. The van der Waals surface area contributed by atoms with E-state index in [9.17, 15) is 4.79 Å². The van der Waals surface area contributed by atoms with E-state index in [0.29, 0.717) is 17.2 Å². The fraction of sp³-hybridized carbons (Fsp3) is 0.292. The minimum absolute atomic E-state index is 0.0381. The van der Waals surface area contributed by atoms with Crippen molar-refractivity contribution in [3.63, 3.8) is 0 Å². The molecule has 0 spiro atoms. The van der Waals surface area contributed by atoms with Gasteiger partial charge in [0.15, 0.2) is 17.6 Å². The van der Waals surface area contributed by atoms with Crippen LogP contribution in [0, 0.1) is 31.6 Å². The number of benzene rings is 2. The lowest BCUT2D eigenvalue weighted by atomic mass is 10.1. The van der Waals surface area contributed by atoms with Gasteiger partial charge in [0.25, 0.3) is 5.91 Å². The third-order valence-electron chi connectivity index (χ3n) is 4.03. The highest BCUT2D eigenvalue weighted by molar-refractivity contribution is 5.82. The molecule has 1 unspecified atom stereocenters. The van der Waals surface area contributed by atoms with Crippen LogP contribution in [0.15, 0.2) is 42.5 Å². The van der Waals surface area contributed by atoms with E-state index in [-0.39, 0.29) is 32.3 Å². The van der Waals surface area contributed by atoms with E-state index >= 15 is 0 Å². The Bertz CT molecular complexity index is 926. The molecule has 2 aromatic rings. The third kappa shape index (κ3) is 6.77. The number of carbonyl (C=O) groups is 1. The Labute approximate surface area is 177 Å². The molecule has 156 valence electrons. The maximum absolute atomic E-state index is 12.6. The van der Waals surface area contributed by atoms with E-state index in [1.807, 2.05) is 31.2 Å². The van der Waals surface area contributed by atoms with Gasteiger partial charge in [0.2, 0.25) is 0 Å². The topological polar surface area (TPSA) is 66.0 Å². The summed E-state index contributed by atoms with van der Waals surface area (Å²) in [6.45, 7) is 2.68. The van der Waals surface area contributed by atoms with Crippen LogP contribution < -0.4 is 19.5 Å². The van der Waals surface area contributed by atoms with Crippen LogP contribution in [0.1, 0.15) is 17.2 Å². The van der Waals surface area contributed by atoms with Crippen LogP contribution in [0.4, 0.5) is 0 Å². The lowest BCUT2D eigenvalue weighted by molar-refractivity contribution is -0.132. The summed E-state index contributed by atoms with van der Waals surface area (Å²) < 4.78 is 21.9. The SMILES string of the molecule is C#CCOc1ccc(OCCNC(=O)C(OCC#C)c2cccc(C)c2)cc1OC. The van der Waals surface area contributed by atoms with Gasteiger partial charge < -0.3 is 24.3 Å². The Balaban J connectivity index is 1.91. The highest BCUT2D eigenvalue weighted by atomic mass is 16.5. The molecule has 0 aromatic heterocycles. The predicted octanol–water partition coefficient (Wildman–Crippen LogP) is 2.90. The maximum atomic E-state index is 12.6.